The van der Waals surface area contributed by atoms with Gasteiger partial charge in [-0.3, -0.25) is 4.79 Å². The van der Waals surface area contributed by atoms with Crippen LogP contribution in [0.1, 0.15) is 28.9 Å². The van der Waals surface area contributed by atoms with Gasteiger partial charge < -0.3 is 14.8 Å². The summed E-state index contributed by atoms with van der Waals surface area (Å²) in [6.07, 6.45) is 0. The Kier molecular flexibility index (Phi) is 5.28. The normalized spacial score (nSPS) is 11.8. The quantitative estimate of drug-likeness (QED) is 0.676. The Morgan fingerprint density at radius 2 is 1.88 bits per heavy atom. The van der Waals surface area contributed by atoms with Crippen LogP contribution in [0, 0.1) is 0 Å². The second-order valence-corrected chi connectivity index (χ2v) is 6.20. The highest BCUT2D eigenvalue weighted by molar-refractivity contribution is 6.30. The molecule has 0 aliphatic carbocycles. The predicted molar refractivity (Wildman–Crippen MR) is 102 cm³/mol. The molecular formula is C20H19ClN2O3. The second-order valence-electron chi connectivity index (χ2n) is 5.81. The van der Waals surface area contributed by atoms with Gasteiger partial charge in [0, 0.05) is 17.0 Å². The molecule has 6 heteroatoms. The molecule has 1 N–H and O–H groups in total. The number of carbonyl (C=O) groups excluding carboxylic acids is 1. The van der Waals surface area contributed by atoms with Crippen LogP contribution < -0.4 is 14.8 Å². The van der Waals surface area contributed by atoms with Crippen LogP contribution in [0.2, 0.25) is 5.15 Å². The lowest BCUT2D eigenvalue weighted by molar-refractivity contribution is 0.0941. The molecule has 0 aliphatic rings. The third-order valence-electron chi connectivity index (χ3n) is 4.18. The van der Waals surface area contributed by atoms with Crippen molar-refractivity contribution in [3.05, 3.63) is 64.8 Å². The van der Waals surface area contributed by atoms with Gasteiger partial charge in [-0.2, -0.15) is 0 Å². The van der Waals surface area contributed by atoms with Crippen LogP contribution in [0.3, 0.4) is 0 Å². The molecule has 1 heterocycles. The van der Waals surface area contributed by atoms with Crippen molar-refractivity contribution < 1.29 is 14.3 Å². The summed E-state index contributed by atoms with van der Waals surface area (Å²) in [7, 11) is 3.18. The molecule has 1 atom stereocenters. The number of hydrogen-bond acceptors (Lipinski definition) is 4. The van der Waals surface area contributed by atoms with E-state index in [1.54, 1.807) is 26.4 Å². The third-order valence-corrected chi connectivity index (χ3v) is 4.38. The van der Waals surface area contributed by atoms with Crippen LogP contribution in [-0.2, 0) is 0 Å². The van der Waals surface area contributed by atoms with E-state index in [2.05, 4.69) is 10.3 Å². The zero-order valence-corrected chi connectivity index (χ0v) is 15.5. The van der Waals surface area contributed by atoms with E-state index in [9.17, 15) is 4.79 Å². The van der Waals surface area contributed by atoms with Crippen molar-refractivity contribution in [2.45, 2.75) is 13.0 Å². The van der Waals surface area contributed by atoms with E-state index in [4.69, 9.17) is 21.1 Å². The number of ether oxygens (including phenoxy) is 2. The molecule has 0 bridgehead atoms. The van der Waals surface area contributed by atoms with Gasteiger partial charge in [0.1, 0.15) is 16.7 Å². The van der Waals surface area contributed by atoms with Gasteiger partial charge in [0.15, 0.2) is 0 Å². The number of aromatic nitrogens is 1. The molecule has 3 aromatic rings. The van der Waals surface area contributed by atoms with Gasteiger partial charge in [-0.05, 0) is 31.2 Å². The number of rotatable bonds is 5. The Morgan fingerprint density at radius 1 is 1.12 bits per heavy atom. The molecule has 0 radical (unpaired) electrons. The zero-order chi connectivity index (χ0) is 18.7. The summed E-state index contributed by atoms with van der Waals surface area (Å²) >= 11 is 6.08. The van der Waals surface area contributed by atoms with E-state index in [1.165, 1.54) is 0 Å². The lowest BCUT2D eigenvalue weighted by atomic mass is 10.0. The smallest absolute Gasteiger partial charge is 0.252 e. The van der Waals surface area contributed by atoms with Gasteiger partial charge in [-0.25, -0.2) is 4.98 Å². The van der Waals surface area contributed by atoms with Crippen LogP contribution in [-0.4, -0.2) is 25.1 Å². The highest BCUT2D eigenvalue weighted by Gasteiger charge is 2.18. The molecule has 1 aromatic heterocycles. The Hall–Kier alpha value is -2.79. The fourth-order valence-corrected chi connectivity index (χ4v) is 3.06. The molecule has 0 saturated heterocycles. The van der Waals surface area contributed by atoms with Crippen molar-refractivity contribution in [3.63, 3.8) is 0 Å². The van der Waals surface area contributed by atoms with E-state index < -0.39 is 0 Å². The number of hydrogen-bond donors (Lipinski definition) is 1. The summed E-state index contributed by atoms with van der Waals surface area (Å²) in [5.41, 5.74) is 2.02. The third kappa shape index (κ3) is 3.58. The molecule has 3 rings (SSSR count). The van der Waals surface area contributed by atoms with E-state index in [0.717, 1.165) is 10.9 Å². The molecule has 2 aromatic carbocycles. The van der Waals surface area contributed by atoms with Crippen LogP contribution in [0.4, 0.5) is 0 Å². The zero-order valence-electron chi connectivity index (χ0n) is 14.7. The molecule has 1 unspecified atom stereocenters. The van der Waals surface area contributed by atoms with Crippen LogP contribution in [0.15, 0.2) is 48.5 Å². The minimum Gasteiger partial charge on any atom is -0.497 e. The SMILES string of the molecule is COc1ccc(C(C)NC(=O)c2cc(Cl)nc3ccccc23)c(OC)c1. The molecule has 5 nitrogen and oxygen atoms in total. The van der Waals surface area contributed by atoms with Crippen LogP contribution >= 0.6 is 11.6 Å². The van der Waals surface area contributed by atoms with Crippen molar-refractivity contribution in [2.75, 3.05) is 14.2 Å². The van der Waals surface area contributed by atoms with Gasteiger partial charge in [-0.15, -0.1) is 0 Å². The van der Waals surface area contributed by atoms with E-state index in [1.807, 2.05) is 43.3 Å². The Morgan fingerprint density at radius 3 is 2.62 bits per heavy atom. The average Bonchev–Trinajstić information content (AvgIpc) is 2.66. The average molecular weight is 371 g/mol. The van der Waals surface area contributed by atoms with Crippen molar-refractivity contribution in [2.24, 2.45) is 0 Å². The summed E-state index contributed by atoms with van der Waals surface area (Å²) < 4.78 is 10.6. The molecule has 26 heavy (non-hydrogen) atoms. The number of nitrogens with zero attached hydrogens (tertiary/aromatic N) is 1. The number of pyridine rings is 1. The van der Waals surface area contributed by atoms with Gasteiger partial charge >= 0.3 is 0 Å². The molecule has 1 amide bonds. The number of fused-ring (bicyclic) bond motifs is 1. The molecule has 0 aliphatic heterocycles. The summed E-state index contributed by atoms with van der Waals surface area (Å²) in [6, 6.07) is 14.2. The molecule has 0 saturated carbocycles. The largest absolute Gasteiger partial charge is 0.497 e. The topological polar surface area (TPSA) is 60.5 Å². The first-order valence-corrected chi connectivity index (χ1v) is 8.49. The van der Waals surface area contributed by atoms with Crippen LogP contribution in [0.25, 0.3) is 10.9 Å². The molecule has 134 valence electrons. The minimum absolute atomic E-state index is 0.226. The Bertz CT molecular complexity index is 959. The second kappa shape index (κ2) is 7.62. The van der Waals surface area contributed by atoms with E-state index in [0.29, 0.717) is 22.6 Å². The Labute approximate surface area is 156 Å². The maximum atomic E-state index is 12.9. The lowest BCUT2D eigenvalue weighted by Gasteiger charge is -2.18. The number of methoxy groups -OCH3 is 2. The molecule has 0 fully saturated rings. The fraction of sp³-hybridized carbons (Fsp3) is 0.200. The monoisotopic (exact) mass is 370 g/mol. The van der Waals surface area contributed by atoms with E-state index in [-0.39, 0.29) is 17.1 Å². The summed E-state index contributed by atoms with van der Waals surface area (Å²) in [4.78, 5) is 17.1. The molecule has 0 spiro atoms. The predicted octanol–water partition coefficient (Wildman–Crippen LogP) is 4.40. The van der Waals surface area contributed by atoms with Gasteiger partial charge in [0.25, 0.3) is 5.91 Å². The maximum Gasteiger partial charge on any atom is 0.252 e. The summed E-state index contributed by atoms with van der Waals surface area (Å²) in [6.45, 7) is 1.90. The minimum atomic E-state index is -0.269. The molecular weight excluding hydrogens is 352 g/mol. The van der Waals surface area contributed by atoms with Gasteiger partial charge in [0.05, 0.1) is 31.3 Å². The summed E-state index contributed by atoms with van der Waals surface area (Å²) in [5, 5.41) is 4.03. The first kappa shape index (κ1) is 18.0. The summed E-state index contributed by atoms with van der Waals surface area (Å²) in [5.74, 6) is 1.11. The lowest BCUT2D eigenvalue weighted by Crippen LogP contribution is -2.27. The van der Waals surface area contributed by atoms with E-state index >= 15 is 0 Å². The number of halogens is 1. The number of para-hydroxylation sites is 1. The van der Waals surface area contributed by atoms with Crippen molar-refractivity contribution in [1.82, 2.24) is 10.3 Å². The Balaban J connectivity index is 1.91. The van der Waals surface area contributed by atoms with Gasteiger partial charge in [-0.1, -0.05) is 29.8 Å². The highest BCUT2D eigenvalue weighted by atomic mass is 35.5. The fourth-order valence-electron chi connectivity index (χ4n) is 2.86. The number of carbonyl (C=O) groups is 1. The van der Waals surface area contributed by atoms with Crippen molar-refractivity contribution in [3.8, 4) is 11.5 Å². The maximum absolute atomic E-state index is 12.9. The number of nitrogens with one attached hydrogen (secondary N) is 1. The number of amides is 1. The highest BCUT2D eigenvalue weighted by Crippen LogP contribution is 2.30. The standard InChI is InChI=1S/C20H19ClN2O3/c1-12(14-9-8-13(25-2)10-18(14)26-3)22-20(24)16-11-19(21)23-17-7-5-4-6-15(16)17/h4-12H,1-3H3,(H,22,24). The first-order valence-electron chi connectivity index (χ1n) is 8.11. The van der Waals surface area contributed by atoms with Gasteiger partial charge in [0.2, 0.25) is 0 Å². The number of benzene rings is 2. The van der Waals surface area contributed by atoms with Crippen molar-refractivity contribution >= 4 is 28.4 Å². The van der Waals surface area contributed by atoms with Crippen molar-refractivity contribution in [1.29, 1.82) is 0 Å². The van der Waals surface area contributed by atoms with Crippen LogP contribution in [0.5, 0.6) is 11.5 Å². The first-order chi connectivity index (χ1) is 12.5.